The van der Waals surface area contributed by atoms with Crippen molar-refractivity contribution in [3.05, 3.63) is 42.1 Å². The zero-order chi connectivity index (χ0) is 10.3. The molecule has 0 bridgehead atoms. The van der Waals surface area contributed by atoms with Crippen molar-refractivity contribution in [3.8, 4) is 0 Å². The van der Waals surface area contributed by atoms with Crippen LogP contribution in [0.1, 0.15) is 18.0 Å². The maximum absolute atomic E-state index is 10.9. The summed E-state index contributed by atoms with van der Waals surface area (Å²) < 4.78 is 0. The summed E-state index contributed by atoms with van der Waals surface area (Å²) in [5, 5.41) is 3.99. The number of fused-ring (bicyclic) bond motifs is 1. The highest BCUT2D eigenvalue weighted by atomic mass is 16.2. The maximum Gasteiger partial charge on any atom is 0.222 e. The molecule has 0 radical (unpaired) electrons. The monoisotopic (exact) mass is 198 g/mol. The van der Waals surface area contributed by atoms with Crippen LogP contribution in [-0.4, -0.2) is 10.9 Å². The van der Waals surface area contributed by atoms with Crippen LogP contribution >= 0.6 is 0 Å². The lowest BCUT2D eigenvalue weighted by atomic mass is 9.95. The minimum Gasteiger partial charge on any atom is -0.349 e. The average Bonchev–Trinajstić information content (AvgIpc) is 2.24. The standard InChI is InChI=1S/C12H10N2O/c15-11-7-10(14-11)9-5-1-3-8-4-2-6-13-12(8)9/h1-6,10H,7H2,(H,14,15). The Morgan fingerprint density at radius 2 is 2.07 bits per heavy atom. The minimum absolute atomic E-state index is 0.118. The van der Waals surface area contributed by atoms with E-state index in [0.29, 0.717) is 6.42 Å². The molecule has 0 saturated carbocycles. The Labute approximate surface area is 87.1 Å². The fourth-order valence-corrected chi connectivity index (χ4v) is 1.96. The number of aromatic nitrogens is 1. The van der Waals surface area contributed by atoms with Gasteiger partial charge in [0.2, 0.25) is 5.91 Å². The van der Waals surface area contributed by atoms with Gasteiger partial charge < -0.3 is 5.32 Å². The van der Waals surface area contributed by atoms with Crippen molar-refractivity contribution in [1.29, 1.82) is 0 Å². The Morgan fingerprint density at radius 1 is 1.27 bits per heavy atom. The van der Waals surface area contributed by atoms with Crippen molar-refractivity contribution < 1.29 is 4.79 Å². The summed E-state index contributed by atoms with van der Waals surface area (Å²) >= 11 is 0. The third-order valence-electron chi connectivity index (χ3n) is 2.76. The van der Waals surface area contributed by atoms with Crippen molar-refractivity contribution in [2.75, 3.05) is 0 Å². The van der Waals surface area contributed by atoms with Gasteiger partial charge in [0.05, 0.1) is 18.0 Å². The first-order valence-electron chi connectivity index (χ1n) is 4.97. The molecule has 1 unspecified atom stereocenters. The minimum atomic E-state index is 0.118. The molecule has 2 heterocycles. The van der Waals surface area contributed by atoms with E-state index in [1.165, 1.54) is 0 Å². The molecule has 15 heavy (non-hydrogen) atoms. The third-order valence-corrected chi connectivity index (χ3v) is 2.76. The predicted molar refractivity (Wildman–Crippen MR) is 57.2 cm³/mol. The second kappa shape index (κ2) is 3.05. The van der Waals surface area contributed by atoms with Crippen molar-refractivity contribution in [3.63, 3.8) is 0 Å². The highest BCUT2D eigenvalue weighted by Crippen LogP contribution is 2.28. The molecule has 2 aromatic rings. The van der Waals surface area contributed by atoms with Gasteiger partial charge in [-0.1, -0.05) is 24.3 Å². The number of carbonyl (C=O) groups is 1. The molecule has 1 saturated heterocycles. The smallest absolute Gasteiger partial charge is 0.222 e. The number of nitrogens with one attached hydrogen (secondary N) is 1. The molecular weight excluding hydrogens is 188 g/mol. The molecule has 1 N–H and O–H groups in total. The average molecular weight is 198 g/mol. The topological polar surface area (TPSA) is 42.0 Å². The summed E-state index contributed by atoms with van der Waals surface area (Å²) in [6, 6.07) is 10.2. The summed E-state index contributed by atoms with van der Waals surface area (Å²) in [4.78, 5) is 15.2. The van der Waals surface area contributed by atoms with Gasteiger partial charge in [-0.25, -0.2) is 0 Å². The van der Waals surface area contributed by atoms with Gasteiger partial charge in [-0.15, -0.1) is 0 Å². The van der Waals surface area contributed by atoms with Gasteiger partial charge in [0.25, 0.3) is 0 Å². The van der Waals surface area contributed by atoms with Gasteiger partial charge >= 0.3 is 0 Å². The van der Waals surface area contributed by atoms with Crippen LogP contribution in [0.2, 0.25) is 0 Å². The van der Waals surface area contributed by atoms with Crippen molar-refractivity contribution in [1.82, 2.24) is 10.3 Å². The zero-order valence-electron chi connectivity index (χ0n) is 8.10. The van der Waals surface area contributed by atoms with Crippen LogP contribution < -0.4 is 5.32 Å². The Hall–Kier alpha value is -1.90. The van der Waals surface area contributed by atoms with Gasteiger partial charge in [0.15, 0.2) is 0 Å². The van der Waals surface area contributed by atoms with Crippen LogP contribution in [0.5, 0.6) is 0 Å². The molecule has 74 valence electrons. The summed E-state index contributed by atoms with van der Waals surface area (Å²) in [6.45, 7) is 0. The van der Waals surface area contributed by atoms with E-state index in [4.69, 9.17) is 0 Å². The van der Waals surface area contributed by atoms with Crippen LogP contribution in [-0.2, 0) is 4.79 Å². The molecule has 1 aliphatic rings. The maximum atomic E-state index is 10.9. The molecule has 1 aromatic carbocycles. The Morgan fingerprint density at radius 3 is 2.87 bits per heavy atom. The van der Waals surface area contributed by atoms with Crippen LogP contribution in [0, 0.1) is 0 Å². The SMILES string of the molecule is O=C1CC(c2cccc3cccnc23)N1. The number of para-hydroxylation sites is 1. The third kappa shape index (κ3) is 1.28. The number of hydrogen-bond acceptors (Lipinski definition) is 2. The number of benzene rings is 1. The largest absolute Gasteiger partial charge is 0.349 e. The molecule has 3 rings (SSSR count). The molecule has 1 aliphatic heterocycles. The van der Waals surface area contributed by atoms with Crippen molar-refractivity contribution in [2.45, 2.75) is 12.5 Å². The van der Waals surface area contributed by atoms with E-state index in [9.17, 15) is 4.79 Å². The zero-order valence-corrected chi connectivity index (χ0v) is 8.10. The van der Waals surface area contributed by atoms with Crippen LogP contribution in [0.4, 0.5) is 0 Å². The van der Waals surface area contributed by atoms with E-state index in [2.05, 4.69) is 10.3 Å². The van der Waals surface area contributed by atoms with E-state index >= 15 is 0 Å². The Kier molecular flexibility index (Phi) is 1.71. The number of pyridine rings is 1. The second-order valence-electron chi connectivity index (χ2n) is 3.75. The number of hydrogen-bond donors (Lipinski definition) is 1. The normalized spacial score (nSPS) is 19.7. The molecular formula is C12H10N2O. The van der Waals surface area contributed by atoms with E-state index in [1.807, 2.05) is 30.3 Å². The van der Waals surface area contributed by atoms with E-state index in [1.54, 1.807) is 6.20 Å². The number of carbonyl (C=O) groups excluding carboxylic acids is 1. The first kappa shape index (κ1) is 8.41. The van der Waals surface area contributed by atoms with E-state index < -0.39 is 0 Å². The highest BCUT2D eigenvalue weighted by Gasteiger charge is 2.28. The fraction of sp³-hybridized carbons (Fsp3) is 0.167. The Bertz CT molecular complexity index is 523. The van der Waals surface area contributed by atoms with E-state index in [0.717, 1.165) is 16.5 Å². The highest BCUT2D eigenvalue weighted by molar-refractivity contribution is 5.88. The van der Waals surface area contributed by atoms with Gasteiger partial charge in [0, 0.05) is 17.1 Å². The molecule has 3 heteroatoms. The molecule has 3 nitrogen and oxygen atoms in total. The quantitative estimate of drug-likeness (QED) is 0.710. The summed E-state index contributed by atoms with van der Waals surface area (Å²) in [5.41, 5.74) is 2.11. The van der Waals surface area contributed by atoms with Crippen molar-refractivity contribution in [2.24, 2.45) is 0 Å². The van der Waals surface area contributed by atoms with Crippen LogP contribution in [0.3, 0.4) is 0 Å². The van der Waals surface area contributed by atoms with Crippen molar-refractivity contribution >= 4 is 16.8 Å². The number of β-lactam (4-membered cyclic amide) rings is 1. The van der Waals surface area contributed by atoms with Gasteiger partial charge in [-0.3, -0.25) is 9.78 Å². The summed E-state index contributed by atoms with van der Waals surface area (Å²) in [5.74, 6) is 0.118. The van der Waals surface area contributed by atoms with Gasteiger partial charge in [-0.05, 0) is 6.07 Å². The van der Waals surface area contributed by atoms with Crippen LogP contribution in [0.15, 0.2) is 36.5 Å². The summed E-state index contributed by atoms with van der Waals surface area (Å²) in [6.07, 6.45) is 2.36. The Balaban J connectivity index is 2.14. The lowest BCUT2D eigenvalue weighted by Gasteiger charge is -2.27. The second-order valence-corrected chi connectivity index (χ2v) is 3.75. The number of amides is 1. The lowest BCUT2D eigenvalue weighted by Crippen LogP contribution is -2.41. The number of nitrogens with zero attached hydrogens (tertiary/aromatic N) is 1. The summed E-state index contributed by atoms with van der Waals surface area (Å²) in [7, 11) is 0. The molecule has 1 fully saturated rings. The van der Waals surface area contributed by atoms with E-state index in [-0.39, 0.29) is 11.9 Å². The number of rotatable bonds is 1. The van der Waals surface area contributed by atoms with Gasteiger partial charge in [0.1, 0.15) is 0 Å². The first-order chi connectivity index (χ1) is 7.34. The molecule has 0 spiro atoms. The van der Waals surface area contributed by atoms with Gasteiger partial charge in [-0.2, -0.15) is 0 Å². The fourth-order valence-electron chi connectivity index (χ4n) is 1.96. The predicted octanol–water partition coefficient (Wildman–Crippen LogP) is 1.80. The molecule has 1 aromatic heterocycles. The molecule has 1 atom stereocenters. The first-order valence-corrected chi connectivity index (χ1v) is 4.97. The van der Waals surface area contributed by atoms with Crippen LogP contribution in [0.25, 0.3) is 10.9 Å². The lowest BCUT2D eigenvalue weighted by molar-refractivity contribution is -0.128. The molecule has 1 amide bonds. The molecule has 0 aliphatic carbocycles.